The van der Waals surface area contributed by atoms with Gasteiger partial charge in [-0.15, -0.1) is 0 Å². The van der Waals surface area contributed by atoms with Gasteiger partial charge in [-0.05, 0) is 17.7 Å². The van der Waals surface area contributed by atoms with Crippen molar-refractivity contribution < 1.29 is 18.0 Å². The molecule has 0 aliphatic carbocycles. The average molecular weight is 215 g/mol. The Hall–Kier alpha value is -1.78. The van der Waals surface area contributed by atoms with Gasteiger partial charge >= 0.3 is 6.18 Å². The molecular formula is C10H8F3NO. The second-order valence-electron chi connectivity index (χ2n) is 2.92. The van der Waals surface area contributed by atoms with Gasteiger partial charge in [-0.25, -0.2) is 0 Å². The van der Waals surface area contributed by atoms with E-state index in [2.05, 4.69) is 6.58 Å². The molecule has 1 amide bonds. The quantitative estimate of drug-likeness (QED) is 0.755. The molecule has 1 aromatic rings. The second-order valence-corrected chi connectivity index (χ2v) is 2.92. The van der Waals surface area contributed by atoms with E-state index in [-0.39, 0.29) is 11.1 Å². The predicted molar refractivity (Wildman–Crippen MR) is 49.7 cm³/mol. The van der Waals surface area contributed by atoms with E-state index in [9.17, 15) is 18.0 Å². The molecule has 1 rings (SSSR count). The zero-order chi connectivity index (χ0) is 11.6. The van der Waals surface area contributed by atoms with Crippen molar-refractivity contribution >= 4 is 11.5 Å². The molecule has 1 aromatic carbocycles. The molecule has 0 unspecified atom stereocenters. The van der Waals surface area contributed by atoms with Gasteiger partial charge in [0.05, 0.1) is 5.56 Å². The summed E-state index contributed by atoms with van der Waals surface area (Å²) in [6, 6.07) is 4.08. The standard InChI is InChI=1S/C10H8F3NO/c1-6(9(14)15)7-2-4-8(5-3-7)10(11,12)13/h2-5H,1H2,(H2,14,15). The third-order valence-electron chi connectivity index (χ3n) is 1.86. The second kappa shape index (κ2) is 3.76. The van der Waals surface area contributed by atoms with Crippen molar-refractivity contribution in [3.05, 3.63) is 42.0 Å². The van der Waals surface area contributed by atoms with E-state index in [1.165, 1.54) is 0 Å². The minimum absolute atomic E-state index is 0.0104. The number of halogens is 3. The normalized spacial score (nSPS) is 11.1. The Kier molecular flexibility index (Phi) is 2.83. The molecule has 15 heavy (non-hydrogen) atoms. The lowest BCUT2D eigenvalue weighted by Crippen LogP contribution is -2.12. The van der Waals surface area contributed by atoms with Gasteiger partial charge in [0.15, 0.2) is 0 Å². The first-order valence-corrected chi connectivity index (χ1v) is 3.98. The number of rotatable bonds is 2. The molecule has 0 bridgehead atoms. The fraction of sp³-hybridized carbons (Fsp3) is 0.100. The highest BCUT2D eigenvalue weighted by Gasteiger charge is 2.30. The number of benzene rings is 1. The lowest BCUT2D eigenvalue weighted by atomic mass is 10.1. The Morgan fingerprint density at radius 3 is 2.00 bits per heavy atom. The van der Waals surface area contributed by atoms with Crippen LogP contribution in [-0.2, 0) is 11.0 Å². The van der Waals surface area contributed by atoms with Crippen molar-refractivity contribution in [3.8, 4) is 0 Å². The van der Waals surface area contributed by atoms with Crippen LogP contribution in [0.25, 0.3) is 5.57 Å². The van der Waals surface area contributed by atoms with Crippen molar-refractivity contribution in [3.63, 3.8) is 0 Å². The van der Waals surface area contributed by atoms with Gasteiger partial charge < -0.3 is 5.73 Å². The fourth-order valence-electron chi connectivity index (χ4n) is 1.00. The van der Waals surface area contributed by atoms with Crippen molar-refractivity contribution in [2.24, 2.45) is 5.73 Å². The van der Waals surface area contributed by atoms with Gasteiger partial charge in [0.2, 0.25) is 5.91 Å². The summed E-state index contributed by atoms with van der Waals surface area (Å²) >= 11 is 0. The Morgan fingerprint density at radius 1 is 1.20 bits per heavy atom. The number of hydrogen-bond acceptors (Lipinski definition) is 1. The van der Waals surface area contributed by atoms with E-state index < -0.39 is 17.6 Å². The van der Waals surface area contributed by atoms with Gasteiger partial charge in [-0.2, -0.15) is 13.2 Å². The Bertz CT molecular complexity index is 392. The zero-order valence-corrected chi connectivity index (χ0v) is 7.64. The first kappa shape index (κ1) is 11.3. The number of carbonyl (C=O) groups is 1. The molecule has 0 saturated carbocycles. The maximum Gasteiger partial charge on any atom is 0.416 e. The third kappa shape index (κ3) is 2.59. The maximum atomic E-state index is 12.2. The van der Waals surface area contributed by atoms with Crippen LogP contribution in [0.2, 0.25) is 0 Å². The van der Waals surface area contributed by atoms with Crippen molar-refractivity contribution in [1.29, 1.82) is 0 Å². The average Bonchev–Trinajstić information content (AvgIpc) is 2.15. The SMILES string of the molecule is C=C(C(N)=O)c1ccc(C(F)(F)F)cc1. The molecule has 5 heteroatoms. The Labute approximate surface area is 84.2 Å². The van der Waals surface area contributed by atoms with Gasteiger partial charge in [0, 0.05) is 5.57 Å². The van der Waals surface area contributed by atoms with Gasteiger partial charge in [0.25, 0.3) is 0 Å². The minimum Gasteiger partial charge on any atom is -0.366 e. The summed E-state index contributed by atoms with van der Waals surface area (Å²) < 4.78 is 36.5. The summed E-state index contributed by atoms with van der Waals surface area (Å²) in [5.74, 6) is -0.755. The summed E-state index contributed by atoms with van der Waals surface area (Å²) in [5.41, 5.74) is 4.43. The molecule has 0 atom stereocenters. The van der Waals surface area contributed by atoms with E-state index in [0.717, 1.165) is 24.3 Å². The van der Waals surface area contributed by atoms with Crippen LogP contribution in [0.1, 0.15) is 11.1 Å². The van der Waals surface area contributed by atoms with Crippen LogP contribution in [0.3, 0.4) is 0 Å². The molecule has 0 saturated heterocycles. The van der Waals surface area contributed by atoms with E-state index in [1.54, 1.807) is 0 Å². The van der Waals surface area contributed by atoms with Crippen LogP contribution in [0, 0.1) is 0 Å². The monoisotopic (exact) mass is 215 g/mol. The minimum atomic E-state index is -4.38. The number of carbonyl (C=O) groups excluding carboxylic acids is 1. The molecular weight excluding hydrogens is 207 g/mol. The first-order chi connectivity index (χ1) is 6.82. The number of primary amides is 1. The lowest BCUT2D eigenvalue weighted by molar-refractivity contribution is -0.137. The molecule has 0 spiro atoms. The highest BCUT2D eigenvalue weighted by Crippen LogP contribution is 2.29. The zero-order valence-electron chi connectivity index (χ0n) is 7.64. The van der Waals surface area contributed by atoms with Crippen LogP contribution in [0.15, 0.2) is 30.8 Å². The van der Waals surface area contributed by atoms with Crippen LogP contribution in [0.5, 0.6) is 0 Å². The Balaban J connectivity index is 3.01. The molecule has 0 aromatic heterocycles. The summed E-state index contributed by atoms with van der Waals surface area (Å²) in [7, 11) is 0. The summed E-state index contributed by atoms with van der Waals surface area (Å²) in [4.78, 5) is 10.7. The van der Waals surface area contributed by atoms with Crippen molar-refractivity contribution in [2.45, 2.75) is 6.18 Å². The largest absolute Gasteiger partial charge is 0.416 e. The van der Waals surface area contributed by atoms with Crippen molar-refractivity contribution in [2.75, 3.05) is 0 Å². The van der Waals surface area contributed by atoms with E-state index >= 15 is 0 Å². The van der Waals surface area contributed by atoms with Crippen molar-refractivity contribution in [1.82, 2.24) is 0 Å². The number of alkyl halides is 3. The molecule has 0 aliphatic heterocycles. The molecule has 2 nitrogen and oxygen atoms in total. The molecule has 0 radical (unpaired) electrons. The maximum absolute atomic E-state index is 12.2. The lowest BCUT2D eigenvalue weighted by Gasteiger charge is -2.07. The number of hydrogen-bond donors (Lipinski definition) is 1. The first-order valence-electron chi connectivity index (χ1n) is 3.98. The molecule has 2 N–H and O–H groups in total. The number of amides is 1. The van der Waals surface area contributed by atoms with E-state index in [4.69, 9.17) is 5.73 Å². The van der Waals surface area contributed by atoms with Crippen LogP contribution in [0.4, 0.5) is 13.2 Å². The molecule has 0 aliphatic rings. The van der Waals surface area contributed by atoms with E-state index in [1.807, 2.05) is 0 Å². The van der Waals surface area contributed by atoms with Gasteiger partial charge in [0.1, 0.15) is 0 Å². The summed E-state index contributed by atoms with van der Waals surface area (Å²) in [5, 5.41) is 0. The number of nitrogens with two attached hydrogens (primary N) is 1. The van der Waals surface area contributed by atoms with Gasteiger partial charge in [-0.1, -0.05) is 18.7 Å². The van der Waals surface area contributed by atoms with Crippen LogP contribution in [-0.4, -0.2) is 5.91 Å². The third-order valence-corrected chi connectivity index (χ3v) is 1.86. The highest BCUT2D eigenvalue weighted by atomic mass is 19.4. The fourth-order valence-corrected chi connectivity index (χ4v) is 1.00. The summed E-state index contributed by atoms with van der Waals surface area (Å²) in [6.45, 7) is 3.36. The molecule has 80 valence electrons. The summed E-state index contributed by atoms with van der Waals surface area (Å²) in [6.07, 6.45) is -4.38. The molecule has 0 heterocycles. The highest BCUT2D eigenvalue weighted by molar-refractivity contribution is 6.17. The van der Waals surface area contributed by atoms with Crippen LogP contribution < -0.4 is 5.73 Å². The topological polar surface area (TPSA) is 43.1 Å². The predicted octanol–water partition coefficient (Wildman–Crippen LogP) is 2.20. The van der Waals surface area contributed by atoms with Gasteiger partial charge in [-0.3, -0.25) is 4.79 Å². The Morgan fingerprint density at radius 2 is 1.67 bits per heavy atom. The smallest absolute Gasteiger partial charge is 0.366 e. The van der Waals surface area contributed by atoms with Crippen LogP contribution >= 0.6 is 0 Å². The molecule has 0 fully saturated rings. The van der Waals surface area contributed by atoms with E-state index in [0.29, 0.717) is 0 Å².